The third-order valence-corrected chi connectivity index (χ3v) is 8.69. The first-order chi connectivity index (χ1) is 26.5. The first kappa shape index (κ1) is 46.0. The van der Waals surface area contributed by atoms with Crippen LogP contribution < -0.4 is 32.3 Å². The van der Waals surface area contributed by atoms with Crippen LogP contribution in [0.1, 0.15) is 84.1 Å². The summed E-state index contributed by atoms with van der Waals surface area (Å²) in [5.41, 5.74) is 14.3. The Morgan fingerprint density at radius 1 is 0.946 bits per heavy atom. The van der Waals surface area contributed by atoms with E-state index in [4.69, 9.17) is 16.0 Å². The molecule has 2 rings (SSSR count). The Labute approximate surface area is 323 Å². The van der Waals surface area contributed by atoms with Crippen LogP contribution in [0.15, 0.2) is 24.3 Å². The van der Waals surface area contributed by atoms with Gasteiger partial charge in [-0.2, -0.15) is 4.79 Å². The van der Waals surface area contributed by atoms with Crippen molar-refractivity contribution in [3.8, 4) is 0 Å². The lowest BCUT2D eigenvalue weighted by Crippen LogP contribution is -2.54. The van der Waals surface area contributed by atoms with E-state index in [1.54, 1.807) is 20.8 Å². The number of carboxylic acids is 1. The van der Waals surface area contributed by atoms with Crippen molar-refractivity contribution in [1.29, 1.82) is 0 Å². The number of unbranched alkanes of at least 4 members (excludes halogenated alkanes) is 2. The number of urea groups is 1. The number of Topliss-reactive ketones (excluding diaryl/α,β-unsaturated/α-hetero) is 1. The summed E-state index contributed by atoms with van der Waals surface area (Å²) < 4.78 is 5.08. The van der Waals surface area contributed by atoms with Crippen LogP contribution in [0.3, 0.4) is 0 Å². The molecular weight excluding hydrogens is 734 g/mol. The molecule has 20 nitrogen and oxygen atoms in total. The Hall–Kier alpha value is -6.17. The van der Waals surface area contributed by atoms with E-state index in [1.165, 1.54) is 29.2 Å². The number of likely N-dealkylation sites (tertiary alicyclic amines) is 1. The zero-order valence-electron chi connectivity index (χ0n) is 31.7. The minimum absolute atomic E-state index is 0.0962. The largest absolute Gasteiger partial charge is 0.480 e. The van der Waals surface area contributed by atoms with Gasteiger partial charge in [-0.15, -0.1) is 0 Å². The minimum Gasteiger partial charge on any atom is -0.480 e. The number of nitrogens with two attached hydrogens (primary N) is 1. The second-order valence-electron chi connectivity index (χ2n) is 13.6. The van der Waals surface area contributed by atoms with Gasteiger partial charge in [0, 0.05) is 44.0 Å². The standard InChI is InChI=1S/C36H51N9O11/c1-21(2)30(44-28(47)9-5-4-6-17-45-29(48)18-22(3)33(45)51)32(50)42-26(8-7-16-39-35(37)54)31(49)41-24-12-10-23(11-13-24)20-56-36(55)43-27(34(52)53)15-14-25(46)19-40-38/h10-13,19,21-22,26-27,30H,4-9,14-18,20H2,1-3H3,(H,41,49)(H,42,50)(H,43,55)(H,44,47)(H,52,53)(H3,37,39,54)/t22?,26?,27-,30?/m0/s1. The number of aliphatic carboxylic acids is 1. The lowest BCUT2D eigenvalue weighted by atomic mass is 10.0. The molecule has 8 amide bonds. The number of rotatable bonds is 24. The Kier molecular flexibility index (Phi) is 19.4. The molecule has 20 heteroatoms. The number of ether oxygens (including phenoxy) is 1. The number of alkyl carbamates (subject to hydrolysis) is 1. The van der Waals surface area contributed by atoms with Crippen molar-refractivity contribution in [2.45, 2.75) is 103 Å². The highest BCUT2D eigenvalue weighted by Gasteiger charge is 2.35. The van der Waals surface area contributed by atoms with Crippen molar-refractivity contribution < 1.29 is 57.8 Å². The summed E-state index contributed by atoms with van der Waals surface area (Å²) in [5.74, 6) is -4.65. The number of primary amides is 1. The van der Waals surface area contributed by atoms with E-state index < -0.39 is 53.8 Å². The highest BCUT2D eigenvalue weighted by Crippen LogP contribution is 2.19. The topological polar surface area (TPSA) is 309 Å². The molecule has 0 aromatic heterocycles. The number of amides is 8. The number of carbonyl (C=O) groups excluding carboxylic acids is 8. The molecular formula is C36H51N9O11. The number of carbonyl (C=O) groups is 9. The molecule has 3 unspecified atom stereocenters. The van der Waals surface area contributed by atoms with Gasteiger partial charge in [0.25, 0.3) is 0 Å². The highest BCUT2D eigenvalue weighted by atomic mass is 16.5. The van der Waals surface area contributed by atoms with Gasteiger partial charge in [-0.05, 0) is 55.7 Å². The molecule has 1 aliphatic heterocycles. The lowest BCUT2D eigenvalue weighted by molar-refractivity contribution is -0.140. The number of ketones is 1. The van der Waals surface area contributed by atoms with E-state index in [0.29, 0.717) is 43.3 Å². The van der Waals surface area contributed by atoms with Crippen LogP contribution in [-0.4, -0.2) is 106 Å². The van der Waals surface area contributed by atoms with Gasteiger partial charge < -0.3 is 47.7 Å². The number of benzene rings is 1. The molecule has 4 atom stereocenters. The highest BCUT2D eigenvalue weighted by molar-refractivity contribution is 6.25. The van der Waals surface area contributed by atoms with E-state index in [9.17, 15) is 48.3 Å². The van der Waals surface area contributed by atoms with Gasteiger partial charge in [0.2, 0.25) is 35.3 Å². The summed E-state index contributed by atoms with van der Waals surface area (Å²) in [7, 11) is 0. The molecule has 306 valence electrons. The molecule has 0 aliphatic carbocycles. The Balaban J connectivity index is 1.95. The van der Waals surface area contributed by atoms with Crippen LogP contribution in [0.5, 0.6) is 0 Å². The maximum atomic E-state index is 13.4. The first-order valence-electron chi connectivity index (χ1n) is 18.3. The summed E-state index contributed by atoms with van der Waals surface area (Å²) in [5, 5.41) is 22.0. The normalized spacial score (nSPS) is 15.1. The van der Waals surface area contributed by atoms with Crippen molar-refractivity contribution >= 4 is 65.3 Å². The number of hydrogen-bond acceptors (Lipinski definition) is 10. The van der Waals surface area contributed by atoms with Crippen molar-refractivity contribution in [2.75, 3.05) is 18.4 Å². The van der Waals surface area contributed by atoms with E-state index in [2.05, 4.69) is 31.4 Å². The molecule has 1 aromatic rings. The Bertz CT molecular complexity index is 1640. The summed E-state index contributed by atoms with van der Waals surface area (Å²) in [6.07, 6.45) is 1.28. The van der Waals surface area contributed by atoms with Crippen molar-refractivity contribution in [1.82, 2.24) is 26.2 Å². The van der Waals surface area contributed by atoms with Crippen LogP contribution in [-0.2, 0) is 44.9 Å². The van der Waals surface area contributed by atoms with Crippen LogP contribution >= 0.6 is 0 Å². The zero-order valence-corrected chi connectivity index (χ0v) is 31.7. The third kappa shape index (κ3) is 16.5. The van der Waals surface area contributed by atoms with E-state index in [-0.39, 0.29) is 81.2 Å². The van der Waals surface area contributed by atoms with Crippen LogP contribution in [0.25, 0.3) is 5.53 Å². The molecule has 0 spiro atoms. The molecule has 1 aliphatic rings. The number of carboxylic acid groups (broad SMARTS) is 1. The minimum atomic E-state index is -1.43. The monoisotopic (exact) mass is 785 g/mol. The molecule has 56 heavy (non-hydrogen) atoms. The number of nitrogens with one attached hydrogen (secondary N) is 5. The van der Waals surface area contributed by atoms with Crippen LogP contribution in [0, 0.1) is 11.8 Å². The van der Waals surface area contributed by atoms with Crippen molar-refractivity contribution in [3.05, 3.63) is 35.4 Å². The Morgan fingerprint density at radius 3 is 2.23 bits per heavy atom. The lowest BCUT2D eigenvalue weighted by Gasteiger charge is -2.25. The third-order valence-electron chi connectivity index (χ3n) is 8.69. The smallest absolute Gasteiger partial charge is 0.408 e. The number of imide groups is 1. The van der Waals surface area contributed by atoms with Crippen LogP contribution in [0.4, 0.5) is 15.3 Å². The van der Waals surface area contributed by atoms with Crippen molar-refractivity contribution in [3.63, 3.8) is 0 Å². The molecule has 8 N–H and O–H groups in total. The maximum absolute atomic E-state index is 13.4. The van der Waals surface area contributed by atoms with E-state index >= 15 is 0 Å². The SMILES string of the molecule is CC1CC(=O)N(CCCCCC(=O)NC(C(=O)NC(CCCNC(N)=O)C(=O)Nc2ccc(COC(=O)N[C@@H](CCC(=O)C=[N+]=[N-])C(=O)O)cc2)C(C)C)C1=O. The quantitative estimate of drug-likeness (QED) is 0.0255. The van der Waals surface area contributed by atoms with E-state index in [1.807, 2.05) is 0 Å². The van der Waals surface area contributed by atoms with Crippen LogP contribution in [0.2, 0.25) is 0 Å². The van der Waals surface area contributed by atoms with Gasteiger partial charge in [0.05, 0.1) is 0 Å². The first-order valence-corrected chi connectivity index (χ1v) is 18.3. The van der Waals surface area contributed by atoms with E-state index in [0.717, 1.165) is 0 Å². The second kappa shape index (κ2) is 23.6. The van der Waals surface area contributed by atoms with Gasteiger partial charge in [0.1, 0.15) is 24.7 Å². The summed E-state index contributed by atoms with van der Waals surface area (Å²) in [6, 6.07) is 1.83. The number of anilines is 1. The molecule has 1 heterocycles. The number of hydrogen-bond donors (Lipinski definition) is 7. The summed E-state index contributed by atoms with van der Waals surface area (Å²) in [6.45, 7) is 5.34. The molecule has 1 aromatic carbocycles. The van der Waals surface area contributed by atoms with Gasteiger partial charge in [-0.1, -0.05) is 39.3 Å². The van der Waals surface area contributed by atoms with Gasteiger partial charge in [-0.25, -0.2) is 14.4 Å². The molecule has 0 bridgehead atoms. The molecule has 0 saturated carbocycles. The predicted octanol–water partition coefficient (Wildman–Crippen LogP) is 0.984. The fourth-order valence-corrected chi connectivity index (χ4v) is 5.56. The fourth-order valence-electron chi connectivity index (χ4n) is 5.56. The number of nitrogens with zero attached hydrogens (tertiary/aromatic N) is 3. The fraction of sp³-hybridized carbons (Fsp3) is 0.556. The van der Waals surface area contributed by atoms with Crippen molar-refractivity contribution in [2.24, 2.45) is 17.6 Å². The van der Waals surface area contributed by atoms with Gasteiger partial charge in [0.15, 0.2) is 0 Å². The molecule has 0 radical (unpaired) electrons. The Morgan fingerprint density at radius 2 is 1.64 bits per heavy atom. The average molecular weight is 786 g/mol. The molecule has 1 saturated heterocycles. The summed E-state index contributed by atoms with van der Waals surface area (Å²) >= 11 is 0. The maximum Gasteiger partial charge on any atom is 0.408 e. The zero-order chi connectivity index (χ0) is 41.8. The average Bonchev–Trinajstić information content (AvgIpc) is 3.38. The summed E-state index contributed by atoms with van der Waals surface area (Å²) in [4.78, 5) is 114. The van der Waals surface area contributed by atoms with Gasteiger partial charge >= 0.3 is 24.3 Å². The predicted molar refractivity (Wildman–Crippen MR) is 198 cm³/mol. The second-order valence-corrected chi connectivity index (χ2v) is 13.6. The van der Waals surface area contributed by atoms with Gasteiger partial charge in [-0.3, -0.25) is 33.7 Å². The molecule has 1 fully saturated rings.